The van der Waals surface area contributed by atoms with Gasteiger partial charge in [-0.3, -0.25) is 14.5 Å². The number of aryl methyl sites for hydroxylation is 2. The zero-order valence-electron chi connectivity index (χ0n) is 17.4. The molecular formula is C23H23F3N4O. The van der Waals surface area contributed by atoms with Crippen molar-refractivity contribution in [3.05, 3.63) is 82.4 Å². The molecule has 1 amide bonds. The molecule has 0 spiro atoms. The normalized spacial score (nSPS) is 16.7. The van der Waals surface area contributed by atoms with Gasteiger partial charge in [-0.1, -0.05) is 24.3 Å². The van der Waals surface area contributed by atoms with Crippen molar-refractivity contribution in [2.24, 2.45) is 7.05 Å². The van der Waals surface area contributed by atoms with Crippen LogP contribution in [0, 0.1) is 6.92 Å². The lowest BCUT2D eigenvalue weighted by Crippen LogP contribution is -2.31. The molecule has 2 aromatic heterocycles. The van der Waals surface area contributed by atoms with Crippen LogP contribution in [0.2, 0.25) is 0 Å². The fourth-order valence-electron chi connectivity index (χ4n) is 4.11. The van der Waals surface area contributed by atoms with Gasteiger partial charge in [0, 0.05) is 26.0 Å². The van der Waals surface area contributed by atoms with Crippen LogP contribution in [0.4, 0.5) is 13.2 Å². The molecule has 0 aliphatic carbocycles. The number of alkyl halides is 3. The molecule has 1 saturated heterocycles. The minimum absolute atomic E-state index is 0.0528. The molecule has 0 saturated carbocycles. The van der Waals surface area contributed by atoms with Crippen molar-refractivity contribution in [2.45, 2.75) is 38.4 Å². The van der Waals surface area contributed by atoms with Crippen LogP contribution in [0.25, 0.3) is 0 Å². The van der Waals surface area contributed by atoms with E-state index in [1.165, 1.54) is 12.1 Å². The van der Waals surface area contributed by atoms with E-state index in [1.54, 1.807) is 30.2 Å². The number of carbonyl (C=O) groups is 1. The van der Waals surface area contributed by atoms with Crippen LogP contribution in [-0.2, 0) is 19.6 Å². The SMILES string of the molecule is Cc1nn(C)cc1C(=O)N1CCC[C@@H]1c1ccc(Cc2cccc(C(F)(F)F)c2)cn1. The second-order valence-electron chi connectivity index (χ2n) is 7.92. The number of benzene rings is 1. The lowest BCUT2D eigenvalue weighted by Gasteiger charge is -2.24. The Morgan fingerprint density at radius 2 is 2.00 bits per heavy atom. The Morgan fingerprint density at radius 3 is 2.65 bits per heavy atom. The summed E-state index contributed by atoms with van der Waals surface area (Å²) in [7, 11) is 1.79. The van der Waals surface area contributed by atoms with Crippen molar-refractivity contribution in [1.82, 2.24) is 19.7 Å². The number of likely N-dealkylation sites (tertiary alicyclic amines) is 1. The fourth-order valence-corrected chi connectivity index (χ4v) is 4.11. The van der Waals surface area contributed by atoms with Crippen LogP contribution in [-0.4, -0.2) is 32.1 Å². The number of hydrogen-bond acceptors (Lipinski definition) is 3. The topological polar surface area (TPSA) is 51.0 Å². The number of hydrogen-bond donors (Lipinski definition) is 0. The van der Waals surface area contributed by atoms with Crippen LogP contribution in [0.15, 0.2) is 48.8 Å². The number of rotatable bonds is 4. The largest absolute Gasteiger partial charge is 0.416 e. The van der Waals surface area contributed by atoms with Gasteiger partial charge in [0.25, 0.3) is 5.91 Å². The van der Waals surface area contributed by atoms with Gasteiger partial charge in [-0.15, -0.1) is 0 Å². The van der Waals surface area contributed by atoms with E-state index in [0.29, 0.717) is 29.8 Å². The minimum Gasteiger partial charge on any atom is -0.330 e. The molecule has 3 aromatic rings. The second kappa shape index (κ2) is 8.17. The molecule has 0 unspecified atom stereocenters. The van der Waals surface area contributed by atoms with E-state index in [9.17, 15) is 18.0 Å². The van der Waals surface area contributed by atoms with Gasteiger partial charge in [0.05, 0.1) is 28.6 Å². The van der Waals surface area contributed by atoms with Gasteiger partial charge in [-0.2, -0.15) is 18.3 Å². The number of aromatic nitrogens is 3. The summed E-state index contributed by atoms with van der Waals surface area (Å²) in [4.78, 5) is 19.4. The van der Waals surface area contributed by atoms with Crippen LogP contribution < -0.4 is 0 Å². The molecular weight excluding hydrogens is 405 g/mol. The van der Waals surface area contributed by atoms with Crippen molar-refractivity contribution < 1.29 is 18.0 Å². The zero-order chi connectivity index (χ0) is 22.2. The van der Waals surface area contributed by atoms with E-state index in [-0.39, 0.29) is 11.9 Å². The molecule has 1 fully saturated rings. The highest BCUT2D eigenvalue weighted by Gasteiger charge is 2.33. The fraction of sp³-hybridized carbons (Fsp3) is 0.348. The van der Waals surface area contributed by atoms with Crippen molar-refractivity contribution in [2.75, 3.05) is 6.54 Å². The Morgan fingerprint density at radius 1 is 1.19 bits per heavy atom. The van der Waals surface area contributed by atoms with Gasteiger partial charge >= 0.3 is 6.18 Å². The van der Waals surface area contributed by atoms with E-state index in [2.05, 4.69) is 10.1 Å². The summed E-state index contributed by atoms with van der Waals surface area (Å²) in [6.45, 7) is 2.48. The first-order valence-electron chi connectivity index (χ1n) is 10.1. The maximum atomic E-state index is 13.0. The first-order valence-corrected chi connectivity index (χ1v) is 10.1. The molecule has 1 aromatic carbocycles. The summed E-state index contributed by atoms with van der Waals surface area (Å²) < 4.78 is 40.4. The van der Waals surface area contributed by atoms with Gasteiger partial charge in [0.15, 0.2) is 0 Å². The molecule has 0 N–H and O–H groups in total. The third-order valence-electron chi connectivity index (χ3n) is 5.61. The summed E-state index contributed by atoms with van der Waals surface area (Å²) in [5.74, 6) is -0.0528. The van der Waals surface area contributed by atoms with E-state index in [4.69, 9.17) is 0 Å². The minimum atomic E-state index is -4.36. The molecule has 1 aliphatic heterocycles. The summed E-state index contributed by atoms with van der Waals surface area (Å²) in [6, 6.07) is 8.96. The van der Waals surface area contributed by atoms with Crippen LogP contribution >= 0.6 is 0 Å². The highest BCUT2D eigenvalue weighted by atomic mass is 19.4. The molecule has 4 rings (SSSR count). The first-order chi connectivity index (χ1) is 14.7. The second-order valence-corrected chi connectivity index (χ2v) is 7.92. The van der Waals surface area contributed by atoms with Gasteiger partial charge in [0.1, 0.15) is 0 Å². The van der Waals surface area contributed by atoms with E-state index in [1.807, 2.05) is 24.0 Å². The Kier molecular flexibility index (Phi) is 5.56. The van der Waals surface area contributed by atoms with Gasteiger partial charge in [0.2, 0.25) is 0 Å². The zero-order valence-corrected chi connectivity index (χ0v) is 17.4. The van der Waals surface area contributed by atoms with Crippen molar-refractivity contribution in [3.8, 4) is 0 Å². The average Bonchev–Trinajstić information content (AvgIpc) is 3.34. The van der Waals surface area contributed by atoms with Crippen molar-refractivity contribution in [1.29, 1.82) is 0 Å². The Hall–Kier alpha value is -3.16. The van der Waals surface area contributed by atoms with E-state index < -0.39 is 11.7 Å². The molecule has 0 radical (unpaired) electrons. The number of halogens is 3. The molecule has 8 heteroatoms. The maximum Gasteiger partial charge on any atom is 0.416 e. The van der Waals surface area contributed by atoms with Crippen molar-refractivity contribution >= 4 is 5.91 Å². The van der Waals surface area contributed by atoms with Crippen molar-refractivity contribution in [3.63, 3.8) is 0 Å². The monoisotopic (exact) mass is 428 g/mol. The number of pyridine rings is 1. The number of amides is 1. The van der Waals surface area contributed by atoms with Gasteiger partial charge in [-0.05, 0) is 49.4 Å². The molecule has 1 aliphatic rings. The van der Waals surface area contributed by atoms with E-state index in [0.717, 1.165) is 30.2 Å². The third kappa shape index (κ3) is 4.47. The first kappa shape index (κ1) is 21.1. The molecule has 3 heterocycles. The summed E-state index contributed by atoms with van der Waals surface area (Å²) >= 11 is 0. The predicted molar refractivity (Wildman–Crippen MR) is 109 cm³/mol. The Labute approximate surface area is 178 Å². The van der Waals surface area contributed by atoms with Crippen LogP contribution in [0.3, 0.4) is 0 Å². The molecule has 0 bridgehead atoms. The molecule has 1 atom stereocenters. The summed E-state index contributed by atoms with van der Waals surface area (Å²) in [6.07, 6.45) is 1.14. The number of carbonyl (C=O) groups excluding carboxylic acids is 1. The lowest BCUT2D eigenvalue weighted by molar-refractivity contribution is -0.137. The molecule has 162 valence electrons. The van der Waals surface area contributed by atoms with Gasteiger partial charge in [-0.25, -0.2) is 0 Å². The lowest BCUT2D eigenvalue weighted by atomic mass is 10.0. The van der Waals surface area contributed by atoms with Crippen LogP contribution in [0.5, 0.6) is 0 Å². The highest BCUT2D eigenvalue weighted by molar-refractivity contribution is 5.95. The summed E-state index contributed by atoms with van der Waals surface area (Å²) in [5.41, 5.74) is 2.83. The smallest absolute Gasteiger partial charge is 0.330 e. The summed E-state index contributed by atoms with van der Waals surface area (Å²) in [5, 5.41) is 4.26. The predicted octanol–water partition coefficient (Wildman–Crippen LogP) is 4.71. The molecule has 31 heavy (non-hydrogen) atoms. The quantitative estimate of drug-likeness (QED) is 0.605. The molecule has 5 nitrogen and oxygen atoms in total. The average molecular weight is 428 g/mol. The Bertz CT molecular complexity index is 1090. The standard InChI is InChI=1S/C23H23F3N4O/c1-15-19(14-29(2)28-15)22(31)30-10-4-7-21(30)20-9-8-17(13-27-20)11-16-5-3-6-18(12-16)23(24,25)26/h3,5-6,8-9,12-14,21H,4,7,10-11H2,1-2H3/t21-/m1/s1. The van der Waals surface area contributed by atoms with E-state index >= 15 is 0 Å². The van der Waals surface area contributed by atoms with Crippen LogP contribution in [0.1, 0.15) is 57.3 Å². The third-order valence-corrected chi connectivity index (χ3v) is 5.61. The maximum absolute atomic E-state index is 13.0. The Balaban J connectivity index is 1.50. The van der Waals surface area contributed by atoms with Gasteiger partial charge < -0.3 is 4.90 Å². The number of nitrogens with zero attached hydrogens (tertiary/aromatic N) is 4. The highest BCUT2D eigenvalue weighted by Crippen LogP contribution is 2.33.